The molecule has 0 unspecified atom stereocenters. The lowest BCUT2D eigenvalue weighted by Crippen LogP contribution is -2.03. The summed E-state index contributed by atoms with van der Waals surface area (Å²) in [5.74, 6) is 4.75. The second-order valence-electron chi connectivity index (χ2n) is 3.31. The van der Waals surface area contributed by atoms with Crippen LogP contribution in [0.3, 0.4) is 0 Å². The minimum Gasteiger partial charge on any atom is -0.384 e. The van der Waals surface area contributed by atoms with Crippen LogP contribution < -0.4 is 0 Å². The van der Waals surface area contributed by atoms with Crippen LogP contribution in [0.5, 0.6) is 0 Å². The predicted octanol–water partition coefficient (Wildman–Crippen LogP) is 1.33. The zero-order chi connectivity index (χ0) is 12.5. The van der Waals surface area contributed by atoms with E-state index in [0.29, 0.717) is 24.3 Å². The fraction of sp³-hybridized carbons (Fsp3) is 0.385. The van der Waals surface area contributed by atoms with Crippen molar-refractivity contribution >= 4 is 0 Å². The van der Waals surface area contributed by atoms with Crippen LogP contribution in [0, 0.1) is 17.7 Å². The van der Waals surface area contributed by atoms with Crippen molar-refractivity contribution in [2.75, 3.05) is 26.9 Å². The summed E-state index contributed by atoms with van der Waals surface area (Å²) in [6, 6.07) is 4.65. The second kappa shape index (κ2) is 7.80. The van der Waals surface area contributed by atoms with Gasteiger partial charge in [0, 0.05) is 18.2 Å². The minimum absolute atomic E-state index is 0.211. The SMILES string of the molecule is COCCOCc1ccc(C#CCO)cc1F. The van der Waals surface area contributed by atoms with Crippen molar-refractivity contribution in [3.8, 4) is 11.8 Å². The number of aliphatic hydroxyl groups excluding tert-OH is 1. The molecule has 0 atom stereocenters. The second-order valence-corrected chi connectivity index (χ2v) is 3.31. The molecule has 1 aromatic carbocycles. The van der Waals surface area contributed by atoms with Crippen molar-refractivity contribution in [1.29, 1.82) is 0 Å². The maximum Gasteiger partial charge on any atom is 0.129 e. The van der Waals surface area contributed by atoms with Gasteiger partial charge in [-0.2, -0.15) is 0 Å². The monoisotopic (exact) mass is 238 g/mol. The number of rotatable bonds is 5. The van der Waals surface area contributed by atoms with E-state index in [-0.39, 0.29) is 19.0 Å². The van der Waals surface area contributed by atoms with Crippen molar-refractivity contribution in [1.82, 2.24) is 0 Å². The third-order valence-corrected chi connectivity index (χ3v) is 2.05. The first-order valence-electron chi connectivity index (χ1n) is 5.22. The lowest BCUT2D eigenvalue weighted by molar-refractivity contribution is 0.0604. The molecule has 0 aliphatic carbocycles. The van der Waals surface area contributed by atoms with Crippen molar-refractivity contribution in [3.63, 3.8) is 0 Å². The number of hydrogen-bond donors (Lipinski definition) is 1. The van der Waals surface area contributed by atoms with Gasteiger partial charge < -0.3 is 14.6 Å². The first-order chi connectivity index (χ1) is 8.27. The number of methoxy groups -OCH3 is 1. The molecular formula is C13H15FO3. The molecule has 3 nitrogen and oxygen atoms in total. The van der Waals surface area contributed by atoms with Gasteiger partial charge in [0.05, 0.1) is 19.8 Å². The molecular weight excluding hydrogens is 223 g/mol. The minimum atomic E-state index is -0.354. The molecule has 92 valence electrons. The molecule has 0 aromatic heterocycles. The van der Waals surface area contributed by atoms with Gasteiger partial charge in [-0.3, -0.25) is 0 Å². The lowest BCUT2D eigenvalue weighted by Gasteiger charge is -2.05. The van der Waals surface area contributed by atoms with Crippen LogP contribution in [0.1, 0.15) is 11.1 Å². The fourth-order valence-electron chi connectivity index (χ4n) is 1.21. The summed E-state index contributed by atoms with van der Waals surface area (Å²) in [6.07, 6.45) is 0. The standard InChI is InChI=1S/C13H15FO3/c1-16-7-8-17-10-12-5-4-11(3-2-6-15)9-13(12)14/h4-5,9,15H,6-8,10H2,1H3. The first kappa shape index (κ1) is 13.7. The Bertz CT molecular complexity index is 407. The van der Waals surface area contributed by atoms with E-state index in [1.54, 1.807) is 19.2 Å². The predicted molar refractivity (Wildman–Crippen MR) is 61.9 cm³/mol. The normalized spacial score (nSPS) is 9.82. The summed E-state index contributed by atoms with van der Waals surface area (Å²) in [6.45, 7) is 0.899. The van der Waals surface area contributed by atoms with E-state index in [1.807, 2.05) is 0 Å². The Morgan fingerprint density at radius 1 is 1.35 bits per heavy atom. The molecule has 1 N–H and O–H groups in total. The Labute approximate surface area is 100 Å². The number of benzene rings is 1. The average Bonchev–Trinajstić information content (AvgIpc) is 2.34. The largest absolute Gasteiger partial charge is 0.384 e. The summed E-state index contributed by atoms with van der Waals surface area (Å²) < 4.78 is 23.6. The maximum atomic E-state index is 13.5. The Morgan fingerprint density at radius 3 is 2.82 bits per heavy atom. The lowest BCUT2D eigenvalue weighted by atomic mass is 10.1. The first-order valence-corrected chi connectivity index (χ1v) is 5.22. The molecule has 17 heavy (non-hydrogen) atoms. The van der Waals surface area contributed by atoms with E-state index in [4.69, 9.17) is 14.6 Å². The van der Waals surface area contributed by atoms with Crippen molar-refractivity contribution < 1.29 is 19.0 Å². The molecule has 0 bridgehead atoms. The smallest absolute Gasteiger partial charge is 0.129 e. The molecule has 0 fully saturated rings. The highest BCUT2D eigenvalue weighted by Gasteiger charge is 2.02. The van der Waals surface area contributed by atoms with Gasteiger partial charge in [-0.1, -0.05) is 17.9 Å². The van der Waals surface area contributed by atoms with Crippen molar-refractivity contribution in [2.24, 2.45) is 0 Å². The maximum absolute atomic E-state index is 13.5. The molecule has 0 aliphatic rings. The molecule has 0 spiro atoms. The van der Waals surface area contributed by atoms with Crippen LogP contribution in [0.15, 0.2) is 18.2 Å². The van der Waals surface area contributed by atoms with Crippen LogP contribution in [-0.4, -0.2) is 32.0 Å². The molecule has 0 saturated carbocycles. The summed E-state index contributed by atoms with van der Waals surface area (Å²) in [5, 5.41) is 8.52. The molecule has 0 aliphatic heterocycles. The van der Waals surface area contributed by atoms with Gasteiger partial charge in [0.2, 0.25) is 0 Å². The molecule has 0 heterocycles. The quantitative estimate of drug-likeness (QED) is 0.621. The van der Waals surface area contributed by atoms with Crippen LogP contribution in [0.2, 0.25) is 0 Å². The number of ether oxygens (including phenoxy) is 2. The fourth-order valence-corrected chi connectivity index (χ4v) is 1.21. The highest BCUT2D eigenvalue weighted by atomic mass is 19.1. The van der Waals surface area contributed by atoms with E-state index >= 15 is 0 Å². The highest BCUT2D eigenvalue weighted by Crippen LogP contribution is 2.11. The molecule has 1 rings (SSSR count). The van der Waals surface area contributed by atoms with Gasteiger partial charge in [0.15, 0.2) is 0 Å². The molecule has 0 saturated heterocycles. The number of aliphatic hydroxyl groups is 1. The van der Waals surface area contributed by atoms with Crippen LogP contribution >= 0.6 is 0 Å². The number of halogens is 1. The Balaban J connectivity index is 2.57. The third kappa shape index (κ3) is 4.96. The zero-order valence-electron chi connectivity index (χ0n) is 9.70. The van der Waals surface area contributed by atoms with Crippen molar-refractivity contribution in [3.05, 3.63) is 35.1 Å². The molecule has 0 amide bonds. The van der Waals surface area contributed by atoms with E-state index in [1.165, 1.54) is 6.07 Å². The van der Waals surface area contributed by atoms with E-state index in [0.717, 1.165) is 0 Å². The van der Waals surface area contributed by atoms with Gasteiger partial charge in [-0.25, -0.2) is 4.39 Å². The highest BCUT2D eigenvalue weighted by molar-refractivity contribution is 5.36. The number of hydrogen-bond acceptors (Lipinski definition) is 3. The van der Waals surface area contributed by atoms with E-state index in [9.17, 15) is 4.39 Å². The molecule has 1 aromatic rings. The van der Waals surface area contributed by atoms with Gasteiger partial charge in [-0.05, 0) is 12.1 Å². The molecule has 4 heteroatoms. The summed E-state index contributed by atoms with van der Waals surface area (Å²) in [5.41, 5.74) is 1.02. The summed E-state index contributed by atoms with van der Waals surface area (Å²) >= 11 is 0. The summed E-state index contributed by atoms with van der Waals surface area (Å²) in [7, 11) is 1.58. The van der Waals surface area contributed by atoms with Gasteiger partial charge >= 0.3 is 0 Å². The van der Waals surface area contributed by atoms with Crippen molar-refractivity contribution in [2.45, 2.75) is 6.61 Å². The van der Waals surface area contributed by atoms with Gasteiger partial charge in [0.25, 0.3) is 0 Å². The van der Waals surface area contributed by atoms with E-state index in [2.05, 4.69) is 11.8 Å². The Morgan fingerprint density at radius 2 is 2.18 bits per heavy atom. The molecule has 0 radical (unpaired) electrons. The average molecular weight is 238 g/mol. The van der Waals surface area contributed by atoms with Gasteiger partial charge in [0.1, 0.15) is 12.4 Å². The zero-order valence-corrected chi connectivity index (χ0v) is 9.70. The topological polar surface area (TPSA) is 38.7 Å². The third-order valence-electron chi connectivity index (χ3n) is 2.05. The Kier molecular flexibility index (Phi) is 6.26. The van der Waals surface area contributed by atoms with Gasteiger partial charge in [-0.15, -0.1) is 0 Å². The van der Waals surface area contributed by atoms with Crippen LogP contribution in [0.4, 0.5) is 4.39 Å². The van der Waals surface area contributed by atoms with Crippen LogP contribution in [0.25, 0.3) is 0 Å². The van der Waals surface area contributed by atoms with Crippen LogP contribution in [-0.2, 0) is 16.1 Å². The summed E-state index contributed by atoms with van der Waals surface area (Å²) in [4.78, 5) is 0. The Hall–Kier alpha value is -1.41. The van der Waals surface area contributed by atoms with E-state index < -0.39 is 0 Å².